The van der Waals surface area contributed by atoms with Crippen molar-refractivity contribution in [2.45, 2.75) is 56.9 Å². The maximum absolute atomic E-state index is 13.4. The molecule has 14 heteroatoms. The Morgan fingerprint density at radius 1 is 0.784 bits per heavy atom. The minimum absolute atomic E-state index is 0.0823. The van der Waals surface area contributed by atoms with Gasteiger partial charge in [0.15, 0.2) is 23.0 Å². The Morgan fingerprint density at radius 2 is 1.35 bits per heavy atom. The van der Waals surface area contributed by atoms with Gasteiger partial charge in [0, 0.05) is 18.4 Å². The number of hydrogen-bond donors (Lipinski definition) is 7. The van der Waals surface area contributed by atoms with Gasteiger partial charge in [-0.3, -0.25) is 4.79 Å². The molecule has 1 saturated heterocycles. The van der Waals surface area contributed by atoms with Gasteiger partial charge in [-0.05, 0) is 125 Å². The van der Waals surface area contributed by atoms with E-state index in [1.807, 2.05) is 12.1 Å². The Labute approximate surface area is 300 Å². The lowest BCUT2D eigenvalue weighted by atomic mass is 9.65. The standard InChI is InChI=1S/C37H56N6O8/c1-47-30-18-24(19-31(48-2)35(30)44)32-25-20-28-29(51-23-50-28)21-26(25)34(27-22-49-36(45)33(27)32)43-37(46)42-17-5-3-4-11-40-15-9-16-41-13-7-6-12-39-14-8-10-38/h18-21,27,32-34,39-41,44H,3-17,22-23,38H2,1-2H3,(H2,42,43,46). The number of rotatable bonds is 22. The number of carbonyl (C=O) groups is 2. The van der Waals surface area contributed by atoms with E-state index in [4.69, 9.17) is 29.4 Å². The van der Waals surface area contributed by atoms with Crippen LogP contribution in [0.1, 0.15) is 73.6 Å². The quantitative estimate of drug-likeness (QED) is 0.0701. The number of methoxy groups -OCH3 is 2. The molecule has 2 aliphatic heterocycles. The fourth-order valence-electron chi connectivity index (χ4n) is 7.23. The Kier molecular flexibility index (Phi) is 14.7. The van der Waals surface area contributed by atoms with Crippen molar-refractivity contribution < 1.29 is 38.4 Å². The highest BCUT2D eigenvalue weighted by Gasteiger charge is 2.53. The summed E-state index contributed by atoms with van der Waals surface area (Å²) in [5.74, 6) is -0.326. The van der Waals surface area contributed by atoms with E-state index in [0.29, 0.717) is 23.6 Å². The molecule has 0 bridgehead atoms. The summed E-state index contributed by atoms with van der Waals surface area (Å²) in [5.41, 5.74) is 7.82. The van der Waals surface area contributed by atoms with E-state index < -0.39 is 17.9 Å². The third kappa shape index (κ3) is 9.88. The first-order chi connectivity index (χ1) is 25.0. The SMILES string of the molecule is COc1cc(C2c3cc4c(cc3C(NC(=O)NCCCCCNCCCNCCCCNCCCN)C3COC(=O)C23)OCO4)cc(OC)c1O. The summed E-state index contributed by atoms with van der Waals surface area (Å²) in [5, 5.41) is 27.2. The summed E-state index contributed by atoms with van der Waals surface area (Å²) in [4.78, 5) is 26.6. The number of phenols is 1. The highest BCUT2D eigenvalue weighted by Crippen LogP contribution is 2.55. The van der Waals surface area contributed by atoms with Gasteiger partial charge in [-0.25, -0.2) is 4.79 Å². The summed E-state index contributed by atoms with van der Waals surface area (Å²) >= 11 is 0. The number of amides is 2. The smallest absolute Gasteiger partial charge is 0.315 e. The van der Waals surface area contributed by atoms with Gasteiger partial charge in [0.2, 0.25) is 12.5 Å². The number of nitrogens with two attached hydrogens (primary N) is 1. The molecule has 3 aliphatic rings. The number of ether oxygens (including phenoxy) is 5. The molecule has 2 heterocycles. The average molecular weight is 713 g/mol. The molecule has 2 aromatic rings. The Hall–Kier alpha value is -3.98. The van der Waals surface area contributed by atoms with Gasteiger partial charge in [-0.15, -0.1) is 0 Å². The molecule has 0 spiro atoms. The second-order valence-electron chi connectivity index (χ2n) is 13.3. The summed E-state index contributed by atoms with van der Waals surface area (Å²) in [6.45, 7) is 7.59. The van der Waals surface area contributed by atoms with Crippen LogP contribution >= 0.6 is 0 Å². The normalized spacial score (nSPS) is 20.0. The van der Waals surface area contributed by atoms with Crippen molar-refractivity contribution in [3.63, 3.8) is 0 Å². The average Bonchev–Trinajstić information content (AvgIpc) is 3.76. The summed E-state index contributed by atoms with van der Waals surface area (Å²) in [6.07, 6.45) is 7.38. The molecule has 4 atom stereocenters. The monoisotopic (exact) mass is 712 g/mol. The highest BCUT2D eigenvalue weighted by molar-refractivity contribution is 5.80. The van der Waals surface area contributed by atoms with E-state index in [1.54, 1.807) is 12.1 Å². The maximum Gasteiger partial charge on any atom is 0.315 e. The van der Waals surface area contributed by atoms with E-state index in [-0.39, 0.29) is 48.6 Å². The number of aromatic hydroxyl groups is 1. The number of fused-ring (bicyclic) bond motifs is 3. The second kappa shape index (κ2) is 19.6. The van der Waals surface area contributed by atoms with Crippen molar-refractivity contribution in [1.82, 2.24) is 26.6 Å². The number of phenolic OH excluding ortho intramolecular Hbond substituents is 1. The van der Waals surface area contributed by atoms with E-state index in [2.05, 4.69) is 26.6 Å². The van der Waals surface area contributed by atoms with E-state index >= 15 is 0 Å². The molecule has 0 radical (unpaired) electrons. The van der Waals surface area contributed by atoms with Gasteiger partial charge in [-0.1, -0.05) is 6.42 Å². The topological polar surface area (TPSA) is 187 Å². The van der Waals surface area contributed by atoms with E-state index in [1.165, 1.54) is 27.1 Å². The third-order valence-electron chi connectivity index (χ3n) is 9.87. The van der Waals surface area contributed by atoms with Gasteiger partial charge >= 0.3 is 12.0 Å². The Balaban J connectivity index is 1.09. The number of nitrogens with one attached hydrogen (secondary N) is 5. The van der Waals surface area contributed by atoms with Gasteiger partial charge < -0.3 is 61.1 Å². The van der Waals surface area contributed by atoms with Gasteiger partial charge in [0.25, 0.3) is 0 Å². The molecule has 14 nitrogen and oxygen atoms in total. The zero-order valence-corrected chi connectivity index (χ0v) is 30.0. The fraction of sp³-hybridized carbons (Fsp3) is 0.622. The number of benzene rings is 2. The lowest BCUT2D eigenvalue weighted by Gasteiger charge is -2.39. The van der Waals surface area contributed by atoms with Crippen molar-refractivity contribution in [3.8, 4) is 28.7 Å². The largest absolute Gasteiger partial charge is 0.502 e. The van der Waals surface area contributed by atoms with Crippen LogP contribution in [0.5, 0.6) is 28.7 Å². The van der Waals surface area contributed by atoms with E-state index in [9.17, 15) is 14.7 Å². The molecule has 51 heavy (non-hydrogen) atoms. The summed E-state index contributed by atoms with van der Waals surface area (Å²) in [6, 6.07) is 6.37. The van der Waals surface area contributed by atoms with Crippen LogP contribution in [-0.2, 0) is 9.53 Å². The van der Waals surface area contributed by atoms with Crippen molar-refractivity contribution >= 4 is 12.0 Å². The Morgan fingerprint density at radius 3 is 1.98 bits per heavy atom. The predicted octanol–water partition coefficient (Wildman–Crippen LogP) is 2.87. The number of carbonyl (C=O) groups excluding carboxylic acids is 2. The third-order valence-corrected chi connectivity index (χ3v) is 9.87. The van der Waals surface area contributed by atoms with Crippen molar-refractivity contribution in [2.75, 3.05) is 80.0 Å². The van der Waals surface area contributed by atoms with Crippen LogP contribution in [0.3, 0.4) is 0 Å². The molecule has 2 amide bonds. The number of cyclic esters (lactones) is 1. The summed E-state index contributed by atoms with van der Waals surface area (Å²) in [7, 11) is 2.92. The minimum Gasteiger partial charge on any atom is -0.502 e. The maximum atomic E-state index is 13.4. The molecule has 4 unspecified atom stereocenters. The number of unbranched alkanes of at least 4 members (excludes halogenated alkanes) is 3. The lowest BCUT2D eigenvalue weighted by Crippen LogP contribution is -2.46. The molecule has 282 valence electrons. The first kappa shape index (κ1) is 38.3. The highest BCUT2D eigenvalue weighted by atomic mass is 16.7. The van der Waals surface area contributed by atoms with Crippen molar-refractivity contribution in [1.29, 1.82) is 0 Å². The molecule has 1 fully saturated rings. The molecule has 0 saturated carbocycles. The molecular formula is C37H56N6O8. The minimum atomic E-state index is -0.607. The van der Waals surface area contributed by atoms with Crippen LogP contribution in [0.25, 0.3) is 0 Å². The van der Waals surface area contributed by atoms with Crippen molar-refractivity contribution in [3.05, 3.63) is 41.0 Å². The zero-order valence-electron chi connectivity index (χ0n) is 30.0. The molecule has 0 aromatic heterocycles. The summed E-state index contributed by atoms with van der Waals surface area (Å²) < 4.78 is 27.9. The number of esters is 1. The van der Waals surface area contributed by atoms with Gasteiger partial charge in [0.1, 0.15) is 0 Å². The first-order valence-corrected chi connectivity index (χ1v) is 18.4. The first-order valence-electron chi connectivity index (χ1n) is 18.4. The van der Waals surface area contributed by atoms with Crippen molar-refractivity contribution in [2.24, 2.45) is 17.6 Å². The van der Waals surface area contributed by atoms with E-state index in [0.717, 1.165) is 89.0 Å². The molecule has 5 rings (SSSR count). The number of urea groups is 1. The van der Waals surface area contributed by atoms with Crippen LogP contribution in [-0.4, -0.2) is 97.1 Å². The fourth-order valence-corrected chi connectivity index (χ4v) is 7.23. The van der Waals surface area contributed by atoms with Crippen LogP contribution in [0.2, 0.25) is 0 Å². The Bertz CT molecular complexity index is 1420. The van der Waals surface area contributed by atoms with Crippen LogP contribution in [0, 0.1) is 11.8 Å². The zero-order chi connectivity index (χ0) is 36.0. The molecular weight excluding hydrogens is 656 g/mol. The van der Waals surface area contributed by atoms with Gasteiger partial charge in [-0.2, -0.15) is 0 Å². The predicted molar refractivity (Wildman–Crippen MR) is 193 cm³/mol. The lowest BCUT2D eigenvalue weighted by molar-refractivity contribution is -0.141. The van der Waals surface area contributed by atoms with Crippen LogP contribution in [0.15, 0.2) is 24.3 Å². The van der Waals surface area contributed by atoms with Crippen LogP contribution < -0.4 is 51.3 Å². The van der Waals surface area contributed by atoms with Gasteiger partial charge in [0.05, 0.1) is 32.8 Å². The van der Waals surface area contributed by atoms with Crippen LogP contribution in [0.4, 0.5) is 4.79 Å². The number of hydrogen-bond acceptors (Lipinski definition) is 12. The molecule has 2 aromatic carbocycles. The molecule has 1 aliphatic carbocycles. The second-order valence-corrected chi connectivity index (χ2v) is 13.3. The molecule has 8 N–H and O–H groups in total.